The highest BCUT2D eigenvalue weighted by atomic mass is 35.5. The fourth-order valence-corrected chi connectivity index (χ4v) is 4.12. The lowest BCUT2D eigenvalue weighted by Crippen LogP contribution is -2.62. The van der Waals surface area contributed by atoms with E-state index < -0.39 is 12.1 Å². The fourth-order valence-electron chi connectivity index (χ4n) is 3.99. The summed E-state index contributed by atoms with van der Waals surface area (Å²) >= 11 is 6.06. The molecule has 1 fully saturated rings. The van der Waals surface area contributed by atoms with Crippen LogP contribution >= 0.6 is 11.6 Å². The van der Waals surface area contributed by atoms with E-state index in [1.54, 1.807) is 12.1 Å². The van der Waals surface area contributed by atoms with Crippen LogP contribution < -0.4 is 0 Å². The number of hydrogen-bond acceptors (Lipinski definition) is 5. The molecule has 3 aliphatic heterocycles. The normalized spacial score (nSPS) is 20.6. The molecule has 3 heterocycles. The van der Waals surface area contributed by atoms with Gasteiger partial charge in [0.15, 0.2) is 0 Å². The number of nitrogens with zero attached hydrogens (tertiary/aromatic N) is 6. The van der Waals surface area contributed by atoms with E-state index >= 15 is 0 Å². The zero-order valence-corrected chi connectivity index (χ0v) is 17.8. The number of carbonyl (C=O) groups excluding carboxylic acids is 2. The van der Waals surface area contributed by atoms with Crippen LogP contribution in [0.2, 0.25) is 5.02 Å². The number of hydrazone groups is 1. The molecule has 3 amide bonds. The monoisotopic (exact) mass is 435 g/mol. The van der Waals surface area contributed by atoms with Crippen LogP contribution in [0, 0.1) is 0 Å². The number of aliphatic imine (C=N–C) groups is 1. The lowest BCUT2D eigenvalue weighted by Gasteiger charge is -2.32. The van der Waals surface area contributed by atoms with E-state index in [1.807, 2.05) is 59.2 Å². The molecule has 5 rings (SSSR count). The average Bonchev–Trinajstić information content (AvgIpc) is 3.17. The minimum atomic E-state index is -0.668. The summed E-state index contributed by atoms with van der Waals surface area (Å²) in [5.74, 6) is 0.687. The smallest absolute Gasteiger partial charge is 0.270 e. The molecule has 3 aliphatic rings. The van der Waals surface area contributed by atoms with Gasteiger partial charge in [-0.15, -0.1) is 10.1 Å². The number of likely N-dealkylation sites (N-methyl/N-ethyl adjacent to an activating group) is 2. The third kappa shape index (κ3) is 3.19. The molecule has 0 saturated carbocycles. The first-order chi connectivity index (χ1) is 14.9. The number of urea groups is 1. The van der Waals surface area contributed by atoms with Gasteiger partial charge in [-0.25, -0.2) is 9.37 Å². The van der Waals surface area contributed by atoms with E-state index in [0.717, 1.165) is 21.7 Å². The summed E-state index contributed by atoms with van der Waals surface area (Å²) in [6.07, 6.45) is 0. The highest BCUT2D eigenvalue weighted by molar-refractivity contribution is 6.30. The Morgan fingerprint density at radius 3 is 2.45 bits per heavy atom. The average molecular weight is 436 g/mol. The Morgan fingerprint density at radius 2 is 1.74 bits per heavy atom. The van der Waals surface area contributed by atoms with Gasteiger partial charge in [-0.05, 0) is 17.7 Å². The van der Waals surface area contributed by atoms with Crippen LogP contribution in [0.1, 0.15) is 11.1 Å². The first kappa shape index (κ1) is 19.4. The van der Waals surface area contributed by atoms with E-state index in [2.05, 4.69) is 4.99 Å². The number of hydrogen-bond donors (Lipinski definition) is 0. The quantitative estimate of drug-likeness (QED) is 0.694. The first-order valence-corrected chi connectivity index (χ1v) is 10.2. The fraction of sp³-hybridized carbons (Fsp3) is 0.227. The number of rotatable bonds is 3. The molecule has 1 atom stereocenters. The van der Waals surface area contributed by atoms with Crippen molar-refractivity contribution in [3.05, 3.63) is 70.7 Å². The number of amides is 3. The van der Waals surface area contributed by atoms with Gasteiger partial charge in [-0.1, -0.05) is 59.1 Å². The summed E-state index contributed by atoms with van der Waals surface area (Å²) in [6, 6.07) is 16.3. The highest BCUT2D eigenvalue weighted by Crippen LogP contribution is 2.24. The summed E-state index contributed by atoms with van der Waals surface area (Å²) in [4.78, 5) is 32.7. The Labute approximate surface area is 184 Å². The van der Waals surface area contributed by atoms with Gasteiger partial charge < -0.3 is 0 Å². The second-order valence-corrected chi connectivity index (χ2v) is 8.07. The summed E-state index contributed by atoms with van der Waals surface area (Å²) in [5.41, 5.74) is 2.76. The Balaban J connectivity index is 1.58. The predicted molar refractivity (Wildman–Crippen MR) is 117 cm³/mol. The van der Waals surface area contributed by atoms with Gasteiger partial charge >= 0.3 is 12.0 Å². The first-order valence-electron chi connectivity index (χ1n) is 9.86. The van der Waals surface area contributed by atoms with E-state index in [0.29, 0.717) is 29.9 Å². The molecule has 2 aromatic rings. The Morgan fingerprint density at radius 1 is 1.03 bits per heavy atom. The van der Waals surface area contributed by atoms with Gasteiger partial charge in [0, 0.05) is 24.7 Å². The van der Waals surface area contributed by atoms with Crippen molar-refractivity contribution in [1.29, 1.82) is 0 Å². The molecule has 0 N–H and O–H groups in total. The van der Waals surface area contributed by atoms with Crippen LogP contribution in [0.25, 0.3) is 0 Å². The minimum Gasteiger partial charge on any atom is -0.270 e. The zero-order chi connectivity index (χ0) is 21.7. The molecule has 0 bridgehead atoms. The summed E-state index contributed by atoms with van der Waals surface area (Å²) in [7, 11) is 3.13. The van der Waals surface area contributed by atoms with Crippen LogP contribution in [-0.4, -0.2) is 75.5 Å². The maximum atomic E-state index is 13.0. The van der Waals surface area contributed by atoms with Crippen molar-refractivity contribution in [2.24, 2.45) is 10.1 Å². The molecule has 9 heteroatoms. The van der Waals surface area contributed by atoms with Crippen molar-refractivity contribution < 1.29 is 14.2 Å². The lowest BCUT2D eigenvalue weighted by molar-refractivity contribution is -0.527. The Bertz CT molecular complexity index is 1170. The molecule has 0 radical (unpaired) electrons. The second kappa shape index (κ2) is 7.31. The van der Waals surface area contributed by atoms with Crippen molar-refractivity contribution in [2.75, 3.05) is 20.6 Å². The summed E-state index contributed by atoms with van der Waals surface area (Å²) < 4.78 is 1.91. The molecule has 156 valence electrons. The molecule has 0 spiro atoms. The molecular formula is C22H20ClN6O2+. The third-order valence-electron chi connectivity index (χ3n) is 5.65. The number of carbonyl (C=O) groups is 2. The molecule has 31 heavy (non-hydrogen) atoms. The molecule has 1 saturated heterocycles. The van der Waals surface area contributed by atoms with Gasteiger partial charge in [-0.2, -0.15) is 0 Å². The zero-order valence-electron chi connectivity index (χ0n) is 17.1. The number of guanidine groups is 1. The van der Waals surface area contributed by atoms with Gasteiger partial charge in [0.2, 0.25) is 11.9 Å². The molecule has 0 aliphatic carbocycles. The second-order valence-electron chi connectivity index (χ2n) is 7.64. The molecular weight excluding hydrogens is 416 g/mol. The van der Waals surface area contributed by atoms with Crippen molar-refractivity contribution in [3.8, 4) is 0 Å². The number of halogens is 1. The van der Waals surface area contributed by atoms with Crippen molar-refractivity contribution in [3.63, 3.8) is 0 Å². The molecule has 1 unspecified atom stereocenters. The Hall–Kier alpha value is -3.52. The van der Waals surface area contributed by atoms with Gasteiger partial charge in [0.25, 0.3) is 5.91 Å². The minimum absolute atomic E-state index is 0.297. The third-order valence-corrected chi connectivity index (χ3v) is 5.91. The number of amidine groups is 1. The van der Waals surface area contributed by atoms with Crippen LogP contribution in [0.3, 0.4) is 0 Å². The van der Waals surface area contributed by atoms with Crippen LogP contribution in [0.15, 0.2) is 64.7 Å². The maximum Gasteiger partial charge on any atom is 0.417 e. The molecule has 0 aromatic heterocycles. The number of imide groups is 1. The van der Waals surface area contributed by atoms with E-state index in [4.69, 9.17) is 16.7 Å². The van der Waals surface area contributed by atoms with E-state index in [1.165, 1.54) is 11.9 Å². The number of benzene rings is 2. The van der Waals surface area contributed by atoms with Crippen LogP contribution in [-0.2, 0) is 11.3 Å². The van der Waals surface area contributed by atoms with E-state index in [9.17, 15) is 9.59 Å². The number of fused-ring (bicyclic) bond motifs is 2. The van der Waals surface area contributed by atoms with Gasteiger partial charge in [0.1, 0.15) is 18.8 Å². The van der Waals surface area contributed by atoms with Gasteiger partial charge in [0.05, 0.1) is 0 Å². The van der Waals surface area contributed by atoms with Gasteiger partial charge in [-0.3, -0.25) is 14.6 Å². The van der Waals surface area contributed by atoms with Crippen molar-refractivity contribution in [1.82, 2.24) is 14.8 Å². The molecule has 8 nitrogen and oxygen atoms in total. The van der Waals surface area contributed by atoms with Crippen molar-refractivity contribution >= 4 is 41.0 Å². The maximum absolute atomic E-state index is 13.0. The van der Waals surface area contributed by atoms with E-state index in [-0.39, 0.29) is 5.91 Å². The standard InChI is InChI=1S/C22H20ClN6O2/c1-26-19-18(20(30)27(2)22(26)31)28-13-17(15-8-10-16(23)11-9-15)25-29(21(28)24-19)12-14-6-4-3-5-7-14/h3-11,18H,12-13H2,1-2H3/q+1. The summed E-state index contributed by atoms with van der Waals surface area (Å²) in [5, 5.41) is 7.29. The van der Waals surface area contributed by atoms with Crippen molar-refractivity contribution in [2.45, 2.75) is 12.6 Å². The lowest BCUT2D eigenvalue weighted by atomic mass is 10.1. The highest BCUT2D eigenvalue weighted by Gasteiger charge is 2.54. The largest absolute Gasteiger partial charge is 0.417 e. The van der Waals surface area contributed by atoms with Crippen LogP contribution in [0.5, 0.6) is 0 Å². The topological polar surface area (TPSA) is 71.6 Å². The predicted octanol–water partition coefficient (Wildman–Crippen LogP) is 2.23. The summed E-state index contributed by atoms with van der Waals surface area (Å²) in [6.45, 7) is 0.872. The molecule has 2 aromatic carbocycles. The van der Waals surface area contributed by atoms with Crippen LogP contribution in [0.4, 0.5) is 4.79 Å². The SMILES string of the molecule is CN1C(=O)C2C(=NC3=[N+]2CC(c2ccc(Cl)cc2)=NN3Cc2ccccc2)N(C)C1=O. The Kier molecular flexibility index (Phi) is 4.59.